The monoisotopic (exact) mass is 493 g/mol. The van der Waals surface area contributed by atoms with Crippen LogP contribution in [0.5, 0.6) is 0 Å². The first-order valence-electron chi connectivity index (χ1n) is 10.6. The molecule has 8 heteroatoms. The quantitative estimate of drug-likeness (QED) is 0.322. The molecule has 2 heterocycles. The van der Waals surface area contributed by atoms with E-state index in [1.165, 1.54) is 34.8 Å². The summed E-state index contributed by atoms with van der Waals surface area (Å²) >= 11 is 2.77. The van der Waals surface area contributed by atoms with Crippen molar-refractivity contribution in [3.8, 4) is 0 Å². The van der Waals surface area contributed by atoms with E-state index in [4.69, 9.17) is 0 Å². The predicted octanol–water partition coefficient (Wildman–Crippen LogP) is 6.11. The van der Waals surface area contributed by atoms with Crippen LogP contribution in [0.2, 0.25) is 0 Å². The number of rotatable bonds is 8. The second-order valence-electron chi connectivity index (χ2n) is 7.93. The van der Waals surface area contributed by atoms with Crippen LogP contribution < -0.4 is 10.2 Å². The van der Waals surface area contributed by atoms with Crippen LogP contribution in [-0.2, 0) is 13.1 Å². The summed E-state index contributed by atoms with van der Waals surface area (Å²) in [6.45, 7) is 0.653. The number of amides is 2. The van der Waals surface area contributed by atoms with E-state index in [-0.39, 0.29) is 17.6 Å². The van der Waals surface area contributed by atoms with Gasteiger partial charge in [0.15, 0.2) is 0 Å². The number of nitrogens with zero attached hydrogens (tertiary/aromatic N) is 2. The molecule has 5 nitrogen and oxygen atoms in total. The van der Waals surface area contributed by atoms with Gasteiger partial charge in [0, 0.05) is 38.6 Å². The van der Waals surface area contributed by atoms with Crippen LogP contribution in [0.15, 0.2) is 77.5 Å². The van der Waals surface area contributed by atoms with Crippen molar-refractivity contribution in [2.75, 3.05) is 24.3 Å². The number of carbonyl (C=O) groups excluding carboxylic acids is 2. The highest BCUT2D eigenvalue weighted by Crippen LogP contribution is 2.27. The molecule has 34 heavy (non-hydrogen) atoms. The third kappa shape index (κ3) is 5.70. The summed E-state index contributed by atoms with van der Waals surface area (Å²) in [6, 6.07) is 19.1. The van der Waals surface area contributed by atoms with Crippen LogP contribution >= 0.6 is 22.7 Å². The fourth-order valence-electron chi connectivity index (χ4n) is 3.60. The van der Waals surface area contributed by atoms with Gasteiger partial charge >= 0.3 is 0 Å². The Bertz CT molecular complexity index is 1250. The van der Waals surface area contributed by atoms with Gasteiger partial charge in [-0.25, -0.2) is 4.39 Å². The van der Waals surface area contributed by atoms with Crippen LogP contribution in [0.25, 0.3) is 0 Å². The fraction of sp³-hybridized carbons (Fsp3) is 0.154. The minimum atomic E-state index is -0.316. The molecule has 174 valence electrons. The minimum absolute atomic E-state index is 0.0999. The molecular weight excluding hydrogens is 469 g/mol. The van der Waals surface area contributed by atoms with E-state index in [0.29, 0.717) is 28.5 Å². The minimum Gasteiger partial charge on any atom is -0.377 e. The Morgan fingerprint density at radius 1 is 0.882 bits per heavy atom. The molecule has 1 N–H and O–H groups in total. The van der Waals surface area contributed by atoms with Crippen molar-refractivity contribution >= 4 is 45.9 Å². The molecule has 0 atom stereocenters. The first-order valence-corrected chi connectivity index (χ1v) is 12.4. The standard InChI is InChI=1S/C26H24FN3O2S2/c1-29(2)22-12-11-21(28-25(31)23-5-3-13-33-23)15-19(22)17-30(26(32)24-6-4-14-34-24)16-18-7-9-20(27)10-8-18/h3-15H,16-17H2,1-2H3,(H,28,31). The van der Waals surface area contributed by atoms with E-state index in [9.17, 15) is 14.0 Å². The lowest BCUT2D eigenvalue weighted by Gasteiger charge is -2.26. The molecule has 2 aromatic heterocycles. The molecule has 2 amide bonds. The normalized spacial score (nSPS) is 10.7. The SMILES string of the molecule is CN(C)c1ccc(NC(=O)c2cccs2)cc1CN(Cc1ccc(F)cc1)C(=O)c1cccs1. The molecular formula is C26H24FN3O2S2. The number of carbonyl (C=O) groups is 2. The highest BCUT2D eigenvalue weighted by molar-refractivity contribution is 7.12. The van der Waals surface area contributed by atoms with E-state index in [2.05, 4.69) is 5.32 Å². The lowest BCUT2D eigenvalue weighted by molar-refractivity contribution is 0.0735. The van der Waals surface area contributed by atoms with Crippen LogP contribution in [-0.4, -0.2) is 30.8 Å². The third-order valence-electron chi connectivity index (χ3n) is 5.23. The molecule has 4 rings (SSSR count). The number of thiophene rings is 2. The van der Waals surface area contributed by atoms with Gasteiger partial charge in [0.05, 0.1) is 9.75 Å². The second kappa shape index (κ2) is 10.6. The van der Waals surface area contributed by atoms with Gasteiger partial charge < -0.3 is 15.1 Å². The number of halogens is 1. The van der Waals surface area contributed by atoms with Crippen molar-refractivity contribution in [3.05, 3.63) is 104 Å². The summed E-state index contributed by atoms with van der Waals surface area (Å²) in [4.78, 5) is 30.9. The summed E-state index contributed by atoms with van der Waals surface area (Å²) in [5, 5.41) is 6.68. The van der Waals surface area contributed by atoms with Gasteiger partial charge in [-0.3, -0.25) is 9.59 Å². The second-order valence-corrected chi connectivity index (χ2v) is 9.83. The summed E-state index contributed by atoms with van der Waals surface area (Å²) in [5.74, 6) is -0.586. The molecule has 0 saturated carbocycles. The average molecular weight is 494 g/mol. The molecule has 0 radical (unpaired) electrons. The molecule has 2 aromatic carbocycles. The Morgan fingerprint density at radius 3 is 2.18 bits per heavy atom. The molecule has 0 saturated heterocycles. The van der Waals surface area contributed by atoms with Crippen molar-refractivity contribution in [1.29, 1.82) is 0 Å². The zero-order valence-corrected chi connectivity index (χ0v) is 20.5. The first-order chi connectivity index (χ1) is 16.4. The topological polar surface area (TPSA) is 52.7 Å². The van der Waals surface area contributed by atoms with Gasteiger partial charge in [0.25, 0.3) is 11.8 Å². The summed E-state index contributed by atoms with van der Waals surface area (Å²) in [6.07, 6.45) is 0. The number of nitrogens with one attached hydrogen (secondary N) is 1. The molecule has 0 aliphatic carbocycles. The number of anilines is 2. The van der Waals surface area contributed by atoms with Crippen LogP contribution in [0.4, 0.5) is 15.8 Å². The van der Waals surface area contributed by atoms with Crippen LogP contribution in [0.1, 0.15) is 30.5 Å². The Kier molecular flexibility index (Phi) is 7.40. The molecule has 4 aromatic rings. The molecule has 0 bridgehead atoms. The van der Waals surface area contributed by atoms with E-state index in [0.717, 1.165) is 16.8 Å². The van der Waals surface area contributed by atoms with Crippen molar-refractivity contribution in [1.82, 2.24) is 4.90 Å². The third-order valence-corrected chi connectivity index (χ3v) is 6.96. The van der Waals surface area contributed by atoms with E-state index in [1.807, 2.05) is 60.1 Å². The highest BCUT2D eigenvalue weighted by atomic mass is 32.1. The van der Waals surface area contributed by atoms with Crippen molar-refractivity contribution < 1.29 is 14.0 Å². The zero-order chi connectivity index (χ0) is 24.1. The van der Waals surface area contributed by atoms with Gasteiger partial charge in [0.1, 0.15) is 5.82 Å². The Labute approximate surface area is 206 Å². The van der Waals surface area contributed by atoms with Crippen molar-refractivity contribution in [2.24, 2.45) is 0 Å². The van der Waals surface area contributed by atoms with Crippen LogP contribution in [0, 0.1) is 5.82 Å². The first kappa shape index (κ1) is 23.7. The lowest BCUT2D eigenvalue weighted by Crippen LogP contribution is -2.30. The Balaban J connectivity index is 1.64. The van der Waals surface area contributed by atoms with Crippen LogP contribution in [0.3, 0.4) is 0 Å². The Morgan fingerprint density at radius 2 is 1.56 bits per heavy atom. The lowest BCUT2D eigenvalue weighted by atomic mass is 10.1. The maximum Gasteiger partial charge on any atom is 0.265 e. The van der Waals surface area contributed by atoms with E-state index < -0.39 is 0 Å². The molecule has 0 aliphatic heterocycles. The van der Waals surface area contributed by atoms with Gasteiger partial charge in [-0.1, -0.05) is 24.3 Å². The summed E-state index contributed by atoms with van der Waals surface area (Å²) in [7, 11) is 3.88. The molecule has 0 aliphatic rings. The fourth-order valence-corrected chi connectivity index (χ4v) is 4.91. The molecule has 0 fully saturated rings. The molecule has 0 spiro atoms. The van der Waals surface area contributed by atoms with E-state index >= 15 is 0 Å². The van der Waals surface area contributed by atoms with Gasteiger partial charge in [-0.05, 0) is 64.4 Å². The van der Waals surface area contributed by atoms with Gasteiger partial charge in [-0.2, -0.15) is 0 Å². The van der Waals surface area contributed by atoms with Gasteiger partial charge in [-0.15, -0.1) is 22.7 Å². The smallest absolute Gasteiger partial charge is 0.265 e. The highest BCUT2D eigenvalue weighted by Gasteiger charge is 2.20. The largest absolute Gasteiger partial charge is 0.377 e. The zero-order valence-electron chi connectivity index (χ0n) is 18.8. The van der Waals surface area contributed by atoms with Crippen molar-refractivity contribution in [2.45, 2.75) is 13.1 Å². The van der Waals surface area contributed by atoms with Crippen molar-refractivity contribution in [3.63, 3.8) is 0 Å². The van der Waals surface area contributed by atoms with Gasteiger partial charge in [0.2, 0.25) is 0 Å². The number of hydrogen-bond donors (Lipinski definition) is 1. The number of hydrogen-bond acceptors (Lipinski definition) is 5. The average Bonchev–Trinajstić information content (AvgIpc) is 3.54. The predicted molar refractivity (Wildman–Crippen MR) is 137 cm³/mol. The maximum absolute atomic E-state index is 13.4. The summed E-state index contributed by atoms with van der Waals surface area (Å²) < 4.78 is 13.4. The number of benzene rings is 2. The van der Waals surface area contributed by atoms with E-state index in [1.54, 1.807) is 29.2 Å². The Hall–Kier alpha value is -3.49. The summed E-state index contributed by atoms with van der Waals surface area (Å²) in [5.41, 5.74) is 3.32. The molecule has 0 unspecified atom stereocenters. The maximum atomic E-state index is 13.4.